The Bertz CT molecular complexity index is 2130. The summed E-state index contributed by atoms with van der Waals surface area (Å²) >= 11 is 0. The van der Waals surface area contributed by atoms with E-state index in [2.05, 4.69) is 121 Å². The van der Waals surface area contributed by atoms with E-state index in [9.17, 15) is 0 Å². The fraction of sp³-hybridized carbons (Fsp3) is 0.280. The minimum atomic E-state index is -0.275. The summed E-state index contributed by atoms with van der Waals surface area (Å²) in [5.41, 5.74) is 9.71. The number of benzene rings is 6. The van der Waals surface area contributed by atoms with E-state index >= 15 is 0 Å². The van der Waals surface area contributed by atoms with Gasteiger partial charge in [-0.25, -0.2) is 0 Å². The predicted molar refractivity (Wildman–Crippen MR) is 227 cm³/mol. The molecule has 0 bridgehead atoms. The Morgan fingerprint density at radius 1 is 0.421 bits per heavy atom. The molecule has 1 fully saturated rings. The SMILES string of the molecule is COCCOc1ccc(-c2ccc(OCCOC)c(C(c3ccc(-c4ccccc4)cc3)c3cc(-c4ccc(OCC5CC5)cc4)ccc3OCCOC)c2)cc1. The van der Waals surface area contributed by atoms with E-state index in [1.807, 2.05) is 18.2 Å². The zero-order valence-corrected chi connectivity index (χ0v) is 33.2. The Kier molecular flexibility index (Phi) is 13.9. The van der Waals surface area contributed by atoms with Crippen LogP contribution in [-0.2, 0) is 14.2 Å². The second kappa shape index (κ2) is 20.0. The molecule has 6 aromatic carbocycles. The third-order valence-corrected chi connectivity index (χ3v) is 10.2. The van der Waals surface area contributed by atoms with Gasteiger partial charge in [0, 0.05) is 38.4 Å². The number of rotatable bonds is 21. The third-order valence-electron chi connectivity index (χ3n) is 10.2. The van der Waals surface area contributed by atoms with Gasteiger partial charge in [-0.05, 0) is 106 Å². The number of hydrogen-bond acceptors (Lipinski definition) is 7. The van der Waals surface area contributed by atoms with Crippen molar-refractivity contribution in [3.8, 4) is 56.4 Å². The zero-order valence-electron chi connectivity index (χ0n) is 33.2. The molecule has 1 aliphatic rings. The Balaban J connectivity index is 1.35. The summed E-state index contributed by atoms with van der Waals surface area (Å²) in [5.74, 6) is 3.66. The molecule has 0 spiro atoms. The molecule has 57 heavy (non-hydrogen) atoms. The number of hydrogen-bond donors (Lipinski definition) is 0. The minimum Gasteiger partial charge on any atom is -0.493 e. The first-order valence-corrected chi connectivity index (χ1v) is 19.8. The summed E-state index contributed by atoms with van der Waals surface area (Å²) in [6.07, 6.45) is 2.52. The van der Waals surface area contributed by atoms with Crippen LogP contribution in [0.2, 0.25) is 0 Å². The van der Waals surface area contributed by atoms with Gasteiger partial charge in [0.2, 0.25) is 0 Å². The normalized spacial score (nSPS) is 12.9. The lowest BCUT2D eigenvalue weighted by Crippen LogP contribution is -2.12. The zero-order chi connectivity index (χ0) is 39.2. The van der Waals surface area contributed by atoms with Crippen LogP contribution in [0.1, 0.15) is 35.4 Å². The Labute approximate surface area is 337 Å². The molecule has 0 aliphatic heterocycles. The predicted octanol–water partition coefficient (Wildman–Crippen LogP) is 10.7. The number of ether oxygens (including phenoxy) is 7. The topological polar surface area (TPSA) is 64.6 Å². The van der Waals surface area contributed by atoms with Crippen molar-refractivity contribution in [1.29, 1.82) is 0 Å². The standard InChI is InChI=1S/C50H52O7/c1-51-27-30-54-44-21-15-39(16-22-44)42-19-25-48(55-31-28-52-2)46(33-42)50(41-13-11-38(12-14-41)37-7-5-4-6-8-37)47-34-43(20-26-49(47)56-32-29-53-3)40-17-23-45(24-18-40)57-35-36-9-10-36/h4-8,11-26,33-34,36,50H,9-10,27-32,35H2,1-3H3. The van der Waals surface area contributed by atoms with Crippen molar-refractivity contribution >= 4 is 0 Å². The van der Waals surface area contributed by atoms with Crippen molar-refractivity contribution in [3.05, 3.63) is 156 Å². The van der Waals surface area contributed by atoms with E-state index < -0.39 is 0 Å². The van der Waals surface area contributed by atoms with Gasteiger partial charge in [-0.15, -0.1) is 0 Å². The summed E-state index contributed by atoms with van der Waals surface area (Å²) in [4.78, 5) is 0. The quantitative estimate of drug-likeness (QED) is 0.0534. The maximum absolute atomic E-state index is 6.54. The molecule has 7 heteroatoms. The largest absolute Gasteiger partial charge is 0.493 e. The van der Waals surface area contributed by atoms with Crippen LogP contribution >= 0.6 is 0 Å². The third kappa shape index (κ3) is 10.6. The second-order valence-corrected chi connectivity index (χ2v) is 14.3. The Hall–Kier alpha value is -5.60. The van der Waals surface area contributed by atoms with Crippen LogP contribution in [0, 0.1) is 5.92 Å². The lowest BCUT2D eigenvalue weighted by molar-refractivity contribution is 0.145. The first-order valence-electron chi connectivity index (χ1n) is 19.8. The van der Waals surface area contributed by atoms with E-state index in [1.165, 1.54) is 12.8 Å². The lowest BCUT2D eigenvalue weighted by Gasteiger charge is -2.26. The van der Waals surface area contributed by atoms with E-state index in [4.69, 9.17) is 33.2 Å². The molecule has 1 unspecified atom stereocenters. The first kappa shape index (κ1) is 39.6. The monoisotopic (exact) mass is 764 g/mol. The highest BCUT2D eigenvalue weighted by Crippen LogP contribution is 2.45. The van der Waals surface area contributed by atoms with Gasteiger partial charge >= 0.3 is 0 Å². The van der Waals surface area contributed by atoms with Crippen LogP contribution in [0.25, 0.3) is 33.4 Å². The molecule has 294 valence electrons. The van der Waals surface area contributed by atoms with Crippen LogP contribution < -0.4 is 18.9 Å². The van der Waals surface area contributed by atoms with Crippen LogP contribution in [-0.4, -0.2) is 67.6 Å². The molecule has 0 aromatic heterocycles. The maximum atomic E-state index is 6.54. The molecule has 1 saturated carbocycles. The van der Waals surface area contributed by atoms with Gasteiger partial charge in [0.25, 0.3) is 0 Å². The molecular formula is C50H52O7. The lowest BCUT2D eigenvalue weighted by atomic mass is 9.81. The first-order chi connectivity index (χ1) is 28.1. The van der Waals surface area contributed by atoms with Crippen molar-refractivity contribution in [1.82, 2.24) is 0 Å². The van der Waals surface area contributed by atoms with E-state index in [-0.39, 0.29) is 5.92 Å². The van der Waals surface area contributed by atoms with Gasteiger partial charge in [0.1, 0.15) is 42.8 Å². The van der Waals surface area contributed by atoms with Crippen molar-refractivity contribution in [2.75, 3.05) is 67.6 Å². The minimum absolute atomic E-state index is 0.275. The highest BCUT2D eigenvalue weighted by atomic mass is 16.5. The van der Waals surface area contributed by atoms with Crippen molar-refractivity contribution in [2.45, 2.75) is 18.8 Å². The highest BCUT2D eigenvalue weighted by Gasteiger charge is 2.26. The Morgan fingerprint density at radius 3 is 1.33 bits per heavy atom. The van der Waals surface area contributed by atoms with Crippen molar-refractivity contribution in [3.63, 3.8) is 0 Å². The van der Waals surface area contributed by atoms with Gasteiger partial charge in [-0.1, -0.05) is 91.0 Å². The average Bonchev–Trinajstić information content (AvgIpc) is 4.10. The summed E-state index contributed by atoms with van der Waals surface area (Å²) in [7, 11) is 5.05. The van der Waals surface area contributed by atoms with Crippen LogP contribution in [0.5, 0.6) is 23.0 Å². The highest BCUT2D eigenvalue weighted by molar-refractivity contribution is 5.72. The van der Waals surface area contributed by atoms with Gasteiger partial charge in [-0.2, -0.15) is 0 Å². The van der Waals surface area contributed by atoms with Crippen LogP contribution in [0.15, 0.2) is 140 Å². The number of methoxy groups -OCH3 is 3. The molecule has 6 aromatic rings. The molecular weight excluding hydrogens is 713 g/mol. The smallest absolute Gasteiger partial charge is 0.123 e. The summed E-state index contributed by atoms with van der Waals surface area (Å²) in [6, 6.07) is 48.8. The molecule has 0 N–H and O–H groups in total. The van der Waals surface area contributed by atoms with Gasteiger partial charge in [-0.3, -0.25) is 0 Å². The van der Waals surface area contributed by atoms with E-state index in [0.717, 1.165) is 79.7 Å². The fourth-order valence-corrected chi connectivity index (χ4v) is 6.89. The van der Waals surface area contributed by atoms with Crippen molar-refractivity contribution in [2.24, 2.45) is 5.92 Å². The van der Waals surface area contributed by atoms with Gasteiger partial charge in [0.05, 0.1) is 26.4 Å². The summed E-state index contributed by atoms with van der Waals surface area (Å²) in [6.45, 7) is 3.54. The van der Waals surface area contributed by atoms with E-state index in [0.29, 0.717) is 45.6 Å². The maximum Gasteiger partial charge on any atom is 0.123 e. The van der Waals surface area contributed by atoms with Gasteiger partial charge in [0.15, 0.2) is 0 Å². The molecule has 0 saturated heterocycles. The summed E-state index contributed by atoms with van der Waals surface area (Å²) < 4.78 is 41.0. The molecule has 7 nitrogen and oxygen atoms in total. The fourth-order valence-electron chi connectivity index (χ4n) is 6.89. The molecule has 7 rings (SSSR count). The van der Waals surface area contributed by atoms with Crippen LogP contribution in [0.3, 0.4) is 0 Å². The molecule has 0 heterocycles. The van der Waals surface area contributed by atoms with Crippen molar-refractivity contribution < 1.29 is 33.2 Å². The summed E-state index contributed by atoms with van der Waals surface area (Å²) in [5, 5.41) is 0. The second-order valence-electron chi connectivity index (χ2n) is 14.3. The molecule has 0 radical (unpaired) electrons. The van der Waals surface area contributed by atoms with Crippen LogP contribution in [0.4, 0.5) is 0 Å². The molecule has 1 aliphatic carbocycles. The van der Waals surface area contributed by atoms with Gasteiger partial charge < -0.3 is 33.2 Å². The molecule has 1 atom stereocenters. The van der Waals surface area contributed by atoms with E-state index in [1.54, 1.807) is 21.3 Å². The molecule has 0 amide bonds. The average molecular weight is 765 g/mol. The Morgan fingerprint density at radius 2 is 0.842 bits per heavy atom.